The van der Waals surface area contributed by atoms with E-state index in [0.29, 0.717) is 28.2 Å². The highest BCUT2D eigenvalue weighted by Gasteiger charge is 2.27. The van der Waals surface area contributed by atoms with Crippen molar-refractivity contribution in [3.05, 3.63) is 63.1 Å². The predicted molar refractivity (Wildman–Crippen MR) is 106 cm³/mol. The third kappa shape index (κ3) is 3.16. The fourth-order valence-electron chi connectivity index (χ4n) is 3.07. The molecule has 0 radical (unpaired) electrons. The summed E-state index contributed by atoms with van der Waals surface area (Å²) in [4.78, 5) is 8.84. The highest BCUT2D eigenvalue weighted by molar-refractivity contribution is 6.36. The summed E-state index contributed by atoms with van der Waals surface area (Å²) in [6.45, 7) is 1.22. The summed E-state index contributed by atoms with van der Waals surface area (Å²) in [7, 11) is 3.98. The van der Waals surface area contributed by atoms with Crippen molar-refractivity contribution in [1.29, 1.82) is 0 Å². The fraction of sp³-hybridized carbons (Fsp3) is 0.222. The zero-order valence-corrected chi connectivity index (χ0v) is 16.5. The van der Waals surface area contributed by atoms with Gasteiger partial charge in [-0.2, -0.15) is 0 Å². The molecule has 0 fully saturated rings. The predicted octanol–water partition coefficient (Wildman–Crippen LogP) is 4.94. The highest BCUT2D eigenvalue weighted by atomic mass is 35.5. The molecule has 2 heterocycles. The SMILES string of the molecule is CN(C)Cc1nc2n(n1)-c1cc(Cl)ccc1N(c1ccc(Cl)cc1Cl)C2. The van der Waals surface area contributed by atoms with E-state index >= 15 is 0 Å². The Labute approximate surface area is 166 Å². The monoisotopic (exact) mass is 407 g/mol. The molecule has 0 atom stereocenters. The van der Waals surface area contributed by atoms with Gasteiger partial charge in [-0.15, -0.1) is 5.10 Å². The van der Waals surface area contributed by atoms with E-state index in [4.69, 9.17) is 39.8 Å². The molecule has 8 heteroatoms. The van der Waals surface area contributed by atoms with Gasteiger partial charge in [0.2, 0.25) is 0 Å². The van der Waals surface area contributed by atoms with Crippen molar-refractivity contribution in [3.8, 4) is 5.69 Å². The normalized spacial score (nSPS) is 13.1. The van der Waals surface area contributed by atoms with E-state index in [9.17, 15) is 0 Å². The highest BCUT2D eigenvalue weighted by Crippen LogP contribution is 2.41. The first-order valence-electron chi connectivity index (χ1n) is 8.04. The van der Waals surface area contributed by atoms with Crippen LogP contribution < -0.4 is 4.90 Å². The number of halogens is 3. The summed E-state index contributed by atoms with van der Waals surface area (Å²) < 4.78 is 1.86. The van der Waals surface area contributed by atoms with Gasteiger partial charge in [-0.3, -0.25) is 0 Å². The lowest BCUT2D eigenvalue weighted by Crippen LogP contribution is -2.26. The van der Waals surface area contributed by atoms with E-state index in [2.05, 4.69) is 10.00 Å². The number of rotatable bonds is 3. The molecule has 0 saturated heterocycles. The van der Waals surface area contributed by atoms with Crippen molar-refractivity contribution in [3.63, 3.8) is 0 Å². The van der Waals surface area contributed by atoms with Crippen LogP contribution in [0.15, 0.2) is 36.4 Å². The Kier molecular flexibility index (Phi) is 4.57. The van der Waals surface area contributed by atoms with Crippen LogP contribution in [0.3, 0.4) is 0 Å². The number of anilines is 2. The van der Waals surface area contributed by atoms with Crippen molar-refractivity contribution >= 4 is 46.2 Å². The molecule has 3 aromatic rings. The molecule has 26 heavy (non-hydrogen) atoms. The summed E-state index contributed by atoms with van der Waals surface area (Å²) in [6.07, 6.45) is 0. The minimum absolute atomic E-state index is 0.552. The summed E-state index contributed by atoms with van der Waals surface area (Å²) in [5, 5.41) is 6.49. The molecule has 1 aliphatic heterocycles. The Bertz CT molecular complexity index is 983. The summed E-state index contributed by atoms with van der Waals surface area (Å²) in [5.41, 5.74) is 2.71. The molecule has 0 bridgehead atoms. The van der Waals surface area contributed by atoms with Crippen molar-refractivity contribution in [2.24, 2.45) is 0 Å². The molecule has 0 N–H and O–H groups in total. The van der Waals surface area contributed by atoms with Crippen LogP contribution in [-0.2, 0) is 13.1 Å². The molecular formula is C18H16Cl3N5. The number of fused-ring (bicyclic) bond motifs is 3. The molecule has 134 valence electrons. The maximum Gasteiger partial charge on any atom is 0.165 e. The summed E-state index contributed by atoms with van der Waals surface area (Å²) in [6, 6.07) is 11.2. The zero-order valence-electron chi connectivity index (χ0n) is 14.2. The molecule has 1 aromatic heterocycles. The van der Waals surface area contributed by atoms with Gasteiger partial charge in [0.1, 0.15) is 0 Å². The van der Waals surface area contributed by atoms with Crippen LogP contribution in [0.5, 0.6) is 0 Å². The van der Waals surface area contributed by atoms with E-state index in [1.54, 1.807) is 6.07 Å². The number of benzene rings is 2. The van der Waals surface area contributed by atoms with Crippen LogP contribution in [0.2, 0.25) is 15.1 Å². The van der Waals surface area contributed by atoms with Crippen molar-refractivity contribution in [2.45, 2.75) is 13.1 Å². The van der Waals surface area contributed by atoms with Gasteiger partial charge in [0.15, 0.2) is 11.6 Å². The first kappa shape index (κ1) is 17.6. The largest absolute Gasteiger partial charge is 0.331 e. The van der Waals surface area contributed by atoms with Crippen molar-refractivity contribution in [1.82, 2.24) is 19.7 Å². The van der Waals surface area contributed by atoms with Gasteiger partial charge in [0.25, 0.3) is 0 Å². The van der Waals surface area contributed by atoms with Gasteiger partial charge in [-0.1, -0.05) is 34.8 Å². The maximum absolute atomic E-state index is 6.46. The van der Waals surface area contributed by atoms with E-state index < -0.39 is 0 Å². The van der Waals surface area contributed by atoms with E-state index in [0.717, 1.165) is 28.7 Å². The molecule has 1 aliphatic rings. The first-order chi connectivity index (χ1) is 12.4. The number of aromatic nitrogens is 3. The average Bonchev–Trinajstić information content (AvgIpc) is 2.96. The second-order valence-corrected chi connectivity index (χ2v) is 7.69. The van der Waals surface area contributed by atoms with E-state index in [-0.39, 0.29) is 0 Å². The lowest BCUT2D eigenvalue weighted by Gasteiger charge is -2.31. The molecule has 2 aromatic carbocycles. The Morgan fingerprint density at radius 3 is 2.35 bits per heavy atom. The van der Waals surface area contributed by atoms with Crippen LogP contribution in [0.1, 0.15) is 11.6 Å². The molecule has 0 unspecified atom stereocenters. The summed E-state index contributed by atoms with van der Waals surface area (Å²) in [5.74, 6) is 1.60. The molecule has 4 rings (SSSR count). The molecule has 0 aliphatic carbocycles. The Morgan fingerprint density at radius 1 is 0.962 bits per heavy atom. The second kappa shape index (κ2) is 6.74. The van der Waals surface area contributed by atoms with Gasteiger partial charge >= 0.3 is 0 Å². The van der Waals surface area contributed by atoms with Crippen LogP contribution in [0.4, 0.5) is 11.4 Å². The van der Waals surface area contributed by atoms with Crippen molar-refractivity contribution < 1.29 is 0 Å². The smallest absolute Gasteiger partial charge is 0.165 e. The fourth-order valence-corrected chi connectivity index (χ4v) is 3.75. The average molecular weight is 409 g/mol. The van der Waals surface area contributed by atoms with Crippen LogP contribution >= 0.6 is 34.8 Å². The molecule has 0 amide bonds. The molecular weight excluding hydrogens is 393 g/mol. The minimum Gasteiger partial charge on any atom is -0.331 e. The standard InChI is InChI=1S/C18H16Cl3N5/c1-24(2)9-17-22-18-10-25(14-5-3-11(19)7-13(14)21)15-6-4-12(20)8-16(15)26(18)23-17/h3-8H,9-10H2,1-2H3. The van der Waals surface area contributed by atoms with Crippen LogP contribution in [0.25, 0.3) is 5.69 Å². The van der Waals surface area contributed by atoms with Crippen molar-refractivity contribution in [2.75, 3.05) is 19.0 Å². The van der Waals surface area contributed by atoms with Gasteiger partial charge in [-0.25, -0.2) is 9.67 Å². The Morgan fingerprint density at radius 2 is 1.65 bits per heavy atom. The second-order valence-electron chi connectivity index (χ2n) is 6.41. The third-order valence-electron chi connectivity index (χ3n) is 4.13. The number of nitrogens with zero attached hydrogens (tertiary/aromatic N) is 5. The van der Waals surface area contributed by atoms with Gasteiger partial charge < -0.3 is 9.80 Å². The number of hydrogen-bond donors (Lipinski definition) is 0. The van der Waals surface area contributed by atoms with Gasteiger partial charge in [0.05, 0.1) is 35.2 Å². The molecule has 0 saturated carbocycles. The van der Waals surface area contributed by atoms with E-state index in [1.807, 2.05) is 54.0 Å². The summed E-state index contributed by atoms with van der Waals surface area (Å²) >= 11 is 18.8. The first-order valence-corrected chi connectivity index (χ1v) is 9.18. The lowest BCUT2D eigenvalue weighted by molar-refractivity contribution is 0.390. The van der Waals surface area contributed by atoms with Gasteiger partial charge in [0, 0.05) is 10.0 Å². The molecule has 0 spiro atoms. The van der Waals surface area contributed by atoms with Crippen LogP contribution in [0, 0.1) is 0 Å². The van der Waals surface area contributed by atoms with Gasteiger partial charge in [-0.05, 0) is 50.5 Å². The number of hydrogen-bond acceptors (Lipinski definition) is 4. The Hall–Kier alpha value is -1.79. The van der Waals surface area contributed by atoms with E-state index in [1.165, 1.54) is 0 Å². The minimum atomic E-state index is 0.552. The maximum atomic E-state index is 6.46. The quantitative estimate of drug-likeness (QED) is 0.615. The zero-order chi connectivity index (χ0) is 18.4. The third-order valence-corrected chi connectivity index (χ3v) is 4.91. The Balaban J connectivity index is 1.86. The lowest BCUT2D eigenvalue weighted by atomic mass is 10.1. The van der Waals surface area contributed by atoms with Crippen LogP contribution in [-0.4, -0.2) is 33.8 Å². The topological polar surface area (TPSA) is 37.2 Å². The molecule has 5 nitrogen and oxygen atoms in total.